The maximum absolute atomic E-state index is 5.51. The summed E-state index contributed by atoms with van der Waals surface area (Å²) in [4.78, 5) is 6.04. The molecule has 0 radical (unpaired) electrons. The van der Waals surface area contributed by atoms with Gasteiger partial charge in [0.15, 0.2) is 6.73 Å². The minimum Gasteiger partial charge on any atom is -0.470 e. The molecule has 0 aromatic carbocycles. The van der Waals surface area contributed by atoms with Crippen LogP contribution in [0.15, 0.2) is 16.7 Å². The molecular formula is C10H10N4O2. The van der Waals surface area contributed by atoms with Crippen molar-refractivity contribution in [3.05, 3.63) is 23.8 Å². The second-order valence-electron chi connectivity index (χ2n) is 3.55. The number of aromatic nitrogens is 3. The number of pyridine rings is 1. The lowest BCUT2D eigenvalue weighted by Crippen LogP contribution is -2.16. The first-order valence-electron chi connectivity index (χ1n) is 4.92. The van der Waals surface area contributed by atoms with Gasteiger partial charge in [0.2, 0.25) is 5.89 Å². The van der Waals surface area contributed by atoms with E-state index in [0.29, 0.717) is 18.6 Å². The number of nitrogens with zero attached hydrogens (tertiary/aromatic N) is 4. The molecule has 6 nitrogen and oxygen atoms in total. The highest BCUT2D eigenvalue weighted by Crippen LogP contribution is 2.39. The lowest BCUT2D eigenvalue weighted by molar-refractivity contribution is 0.349. The zero-order chi connectivity index (χ0) is 11.1. The molecule has 0 fully saturated rings. The maximum Gasteiger partial charge on any atom is 0.325 e. The summed E-state index contributed by atoms with van der Waals surface area (Å²) in [5.74, 6) is 1.33. The third-order valence-corrected chi connectivity index (χ3v) is 2.44. The van der Waals surface area contributed by atoms with Gasteiger partial charge in [0.1, 0.15) is 11.4 Å². The van der Waals surface area contributed by atoms with Crippen molar-refractivity contribution in [1.82, 2.24) is 15.2 Å². The highest BCUT2D eigenvalue weighted by Gasteiger charge is 2.27. The highest BCUT2D eigenvalue weighted by atomic mass is 16.5. The summed E-state index contributed by atoms with van der Waals surface area (Å²) in [5.41, 5.74) is 1.78. The van der Waals surface area contributed by atoms with Crippen molar-refractivity contribution >= 4 is 11.7 Å². The van der Waals surface area contributed by atoms with Crippen LogP contribution in [0.25, 0.3) is 0 Å². The number of hydrogen-bond acceptors (Lipinski definition) is 6. The summed E-state index contributed by atoms with van der Waals surface area (Å²) in [6.45, 7) is 4.05. The van der Waals surface area contributed by atoms with E-state index in [1.165, 1.54) is 0 Å². The molecule has 2 aromatic rings. The molecule has 1 aliphatic rings. The van der Waals surface area contributed by atoms with Gasteiger partial charge in [-0.3, -0.25) is 9.88 Å². The van der Waals surface area contributed by atoms with E-state index in [0.717, 1.165) is 17.1 Å². The summed E-state index contributed by atoms with van der Waals surface area (Å²) in [6.07, 6.45) is 1.72. The Hall–Kier alpha value is -2.11. The van der Waals surface area contributed by atoms with Crippen LogP contribution >= 0.6 is 0 Å². The summed E-state index contributed by atoms with van der Waals surface area (Å²) in [5, 5.41) is 7.77. The van der Waals surface area contributed by atoms with Crippen molar-refractivity contribution in [2.75, 3.05) is 11.6 Å². The normalized spacial score (nSPS) is 13.8. The fourth-order valence-electron chi connectivity index (χ4n) is 1.72. The van der Waals surface area contributed by atoms with Gasteiger partial charge in [-0.05, 0) is 6.92 Å². The first-order valence-corrected chi connectivity index (χ1v) is 4.92. The molecule has 0 spiro atoms. The lowest BCUT2D eigenvalue weighted by Gasteiger charge is -2.11. The SMILES string of the molecule is Cc1nnc(N2COc3ccnc(C)c32)o1. The van der Waals surface area contributed by atoms with Gasteiger partial charge in [0.05, 0.1) is 5.69 Å². The first kappa shape index (κ1) is 9.14. The lowest BCUT2D eigenvalue weighted by atomic mass is 10.3. The van der Waals surface area contributed by atoms with Crippen LogP contribution in [0.1, 0.15) is 11.6 Å². The van der Waals surface area contributed by atoms with Crippen LogP contribution in [0.3, 0.4) is 0 Å². The van der Waals surface area contributed by atoms with E-state index >= 15 is 0 Å². The van der Waals surface area contributed by atoms with E-state index in [4.69, 9.17) is 9.15 Å². The van der Waals surface area contributed by atoms with Crippen molar-refractivity contribution in [3.63, 3.8) is 0 Å². The van der Waals surface area contributed by atoms with Crippen molar-refractivity contribution in [1.29, 1.82) is 0 Å². The Morgan fingerprint density at radius 3 is 2.94 bits per heavy atom. The molecule has 1 aliphatic heterocycles. The molecule has 82 valence electrons. The molecule has 0 amide bonds. The van der Waals surface area contributed by atoms with Gasteiger partial charge in [-0.15, -0.1) is 5.10 Å². The number of hydrogen-bond donors (Lipinski definition) is 0. The predicted molar refractivity (Wildman–Crippen MR) is 55.6 cm³/mol. The number of rotatable bonds is 1. The predicted octanol–water partition coefficient (Wildman–Crippen LogP) is 1.57. The average molecular weight is 218 g/mol. The van der Waals surface area contributed by atoms with Crippen LogP contribution in [0, 0.1) is 13.8 Å². The Morgan fingerprint density at radius 2 is 2.19 bits per heavy atom. The molecule has 0 aliphatic carbocycles. The molecule has 6 heteroatoms. The molecule has 0 saturated carbocycles. The van der Waals surface area contributed by atoms with E-state index in [-0.39, 0.29) is 0 Å². The van der Waals surface area contributed by atoms with Crippen LogP contribution < -0.4 is 9.64 Å². The summed E-state index contributed by atoms with van der Waals surface area (Å²) < 4.78 is 10.9. The molecule has 3 heterocycles. The minimum atomic E-state index is 0.378. The molecule has 2 aromatic heterocycles. The Kier molecular flexibility index (Phi) is 1.82. The van der Waals surface area contributed by atoms with Crippen molar-refractivity contribution in [2.45, 2.75) is 13.8 Å². The van der Waals surface area contributed by atoms with Crippen LogP contribution in [0.4, 0.5) is 11.7 Å². The zero-order valence-corrected chi connectivity index (χ0v) is 8.97. The van der Waals surface area contributed by atoms with Gasteiger partial charge in [-0.25, -0.2) is 0 Å². The quantitative estimate of drug-likeness (QED) is 0.723. The summed E-state index contributed by atoms with van der Waals surface area (Å²) in [6, 6.07) is 2.26. The molecule has 0 atom stereocenters. The second-order valence-corrected chi connectivity index (χ2v) is 3.55. The topological polar surface area (TPSA) is 64.3 Å². The van der Waals surface area contributed by atoms with Crippen LogP contribution in [-0.4, -0.2) is 21.9 Å². The third-order valence-electron chi connectivity index (χ3n) is 2.44. The van der Waals surface area contributed by atoms with Crippen molar-refractivity contribution in [2.24, 2.45) is 0 Å². The fourth-order valence-corrected chi connectivity index (χ4v) is 1.72. The van der Waals surface area contributed by atoms with Crippen LogP contribution in [0.2, 0.25) is 0 Å². The van der Waals surface area contributed by atoms with Crippen LogP contribution in [0.5, 0.6) is 5.75 Å². The van der Waals surface area contributed by atoms with Gasteiger partial charge in [0.25, 0.3) is 0 Å². The number of aryl methyl sites for hydroxylation is 2. The number of ether oxygens (including phenoxy) is 1. The molecule has 16 heavy (non-hydrogen) atoms. The van der Waals surface area contributed by atoms with Gasteiger partial charge < -0.3 is 9.15 Å². The Labute approximate surface area is 91.9 Å². The van der Waals surface area contributed by atoms with Gasteiger partial charge in [-0.2, -0.15) is 0 Å². The third kappa shape index (κ3) is 1.23. The highest BCUT2D eigenvalue weighted by molar-refractivity contribution is 5.69. The van der Waals surface area contributed by atoms with E-state index in [1.54, 1.807) is 13.1 Å². The first-order chi connectivity index (χ1) is 7.75. The second kappa shape index (κ2) is 3.19. The average Bonchev–Trinajstić information content (AvgIpc) is 2.84. The Bertz CT molecular complexity index is 537. The molecule has 0 unspecified atom stereocenters. The van der Waals surface area contributed by atoms with Gasteiger partial charge >= 0.3 is 6.01 Å². The molecular weight excluding hydrogens is 208 g/mol. The molecule has 0 N–H and O–H groups in total. The molecule has 0 saturated heterocycles. The number of fused-ring (bicyclic) bond motifs is 1. The Balaban J connectivity index is 2.09. The van der Waals surface area contributed by atoms with Crippen LogP contribution in [-0.2, 0) is 0 Å². The van der Waals surface area contributed by atoms with Gasteiger partial charge in [-0.1, -0.05) is 5.10 Å². The summed E-state index contributed by atoms with van der Waals surface area (Å²) >= 11 is 0. The minimum absolute atomic E-state index is 0.378. The summed E-state index contributed by atoms with van der Waals surface area (Å²) in [7, 11) is 0. The van der Waals surface area contributed by atoms with Crippen molar-refractivity contribution < 1.29 is 9.15 Å². The largest absolute Gasteiger partial charge is 0.470 e. The fraction of sp³-hybridized carbons (Fsp3) is 0.300. The van der Waals surface area contributed by atoms with E-state index in [2.05, 4.69) is 15.2 Å². The molecule has 0 bridgehead atoms. The number of anilines is 2. The standard InChI is InChI=1S/C10H10N4O2/c1-6-9-8(3-4-11-6)15-5-14(9)10-13-12-7(2)16-10/h3-4H,5H2,1-2H3. The smallest absolute Gasteiger partial charge is 0.325 e. The van der Waals surface area contributed by atoms with E-state index < -0.39 is 0 Å². The monoisotopic (exact) mass is 218 g/mol. The van der Waals surface area contributed by atoms with Gasteiger partial charge in [0, 0.05) is 19.2 Å². The van der Waals surface area contributed by atoms with Crippen molar-refractivity contribution in [3.8, 4) is 5.75 Å². The molecule has 3 rings (SSSR count). The van der Waals surface area contributed by atoms with E-state index in [9.17, 15) is 0 Å². The van der Waals surface area contributed by atoms with E-state index in [1.807, 2.05) is 17.9 Å². The zero-order valence-electron chi connectivity index (χ0n) is 8.97. The maximum atomic E-state index is 5.51. The Morgan fingerprint density at radius 1 is 1.31 bits per heavy atom.